The molecule has 1 unspecified atom stereocenters. The number of ether oxygens (including phenoxy) is 3. The molecule has 0 saturated carbocycles. The highest BCUT2D eigenvalue weighted by Crippen LogP contribution is 2.19. The third-order valence-corrected chi connectivity index (χ3v) is 14.0. The molecule has 392 valence electrons. The summed E-state index contributed by atoms with van der Waals surface area (Å²) < 4.78 is 16.9. The number of carbonyl (C=O) groups is 3. The molecule has 0 fully saturated rings. The molecule has 0 bridgehead atoms. The zero-order chi connectivity index (χ0) is 48.4. The number of rotatable bonds is 53. The molecule has 0 radical (unpaired) electrons. The predicted molar refractivity (Wildman–Crippen MR) is 284 cm³/mol. The fourth-order valence-corrected chi connectivity index (χ4v) is 9.14. The highest BCUT2D eigenvalue weighted by molar-refractivity contribution is 5.71. The molecule has 0 aliphatic heterocycles. The second-order valence-corrected chi connectivity index (χ2v) is 21.8. The minimum Gasteiger partial charge on any atom is -0.462 e. The van der Waals surface area contributed by atoms with E-state index in [2.05, 4.69) is 41.5 Å². The van der Waals surface area contributed by atoms with Crippen molar-refractivity contribution in [2.24, 2.45) is 17.8 Å². The highest BCUT2D eigenvalue weighted by atomic mass is 16.6. The molecule has 0 aliphatic carbocycles. The Bertz CT molecular complexity index is 1020. The Morgan fingerprint density at radius 2 is 0.530 bits per heavy atom. The van der Waals surface area contributed by atoms with Crippen LogP contribution in [0.3, 0.4) is 0 Å². The second-order valence-electron chi connectivity index (χ2n) is 21.8. The Morgan fingerprint density at radius 1 is 0.303 bits per heavy atom. The number of hydrogen-bond acceptors (Lipinski definition) is 6. The van der Waals surface area contributed by atoms with Crippen LogP contribution < -0.4 is 0 Å². The smallest absolute Gasteiger partial charge is 0.306 e. The van der Waals surface area contributed by atoms with E-state index < -0.39 is 6.10 Å². The molecule has 0 aromatic carbocycles. The van der Waals surface area contributed by atoms with Gasteiger partial charge in [0, 0.05) is 19.3 Å². The lowest BCUT2D eigenvalue weighted by molar-refractivity contribution is -0.167. The van der Waals surface area contributed by atoms with Crippen LogP contribution in [0.25, 0.3) is 0 Å². The lowest BCUT2D eigenvalue weighted by atomic mass is 9.99. The zero-order valence-corrected chi connectivity index (χ0v) is 45.5. The number of unbranched alkanes of at least 4 members (excludes halogenated alkanes) is 35. The van der Waals surface area contributed by atoms with Gasteiger partial charge >= 0.3 is 17.9 Å². The first kappa shape index (κ1) is 64.4. The van der Waals surface area contributed by atoms with E-state index in [4.69, 9.17) is 14.2 Å². The van der Waals surface area contributed by atoms with Crippen molar-refractivity contribution in [3.05, 3.63) is 0 Å². The third kappa shape index (κ3) is 51.8. The van der Waals surface area contributed by atoms with E-state index in [0.717, 1.165) is 75.5 Å². The van der Waals surface area contributed by atoms with Crippen LogP contribution in [0.5, 0.6) is 0 Å². The molecule has 0 aliphatic rings. The van der Waals surface area contributed by atoms with Gasteiger partial charge in [0.05, 0.1) is 0 Å². The molecule has 0 aromatic heterocycles. The van der Waals surface area contributed by atoms with Gasteiger partial charge in [0.15, 0.2) is 6.10 Å². The van der Waals surface area contributed by atoms with Crippen molar-refractivity contribution in [1.82, 2.24) is 0 Å². The van der Waals surface area contributed by atoms with Crippen molar-refractivity contribution in [1.29, 1.82) is 0 Å². The molecular formula is C60H116O6. The largest absolute Gasteiger partial charge is 0.462 e. The standard InChI is InChI=1S/C60H116O6/c1-7-56(6)48-42-36-30-23-19-15-12-13-16-20-24-31-37-43-49-58(61)64-52-57(53-65-59(62)50-44-38-32-27-26-29-35-41-47-55(4)5)66-60(63)51-45-39-33-25-21-17-11-9-8-10-14-18-22-28-34-40-46-54(2)3/h54-57H,7-53H2,1-6H3/t56?,57-/m1/s1. The number of hydrogen-bond donors (Lipinski definition) is 0. The van der Waals surface area contributed by atoms with Crippen molar-refractivity contribution in [3.63, 3.8) is 0 Å². The molecule has 0 rings (SSSR count). The van der Waals surface area contributed by atoms with Crippen LogP contribution >= 0.6 is 0 Å². The monoisotopic (exact) mass is 933 g/mol. The van der Waals surface area contributed by atoms with Crippen LogP contribution in [-0.4, -0.2) is 37.2 Å². The van der Waals surface area contributed by atoms with Gasteiger partial charge in [-0.05, 0) is 37.0 Å². The van der Waals surface area contributed by atoms with Crippen LogP contribution in [0, 0.1) is 17.8 Å². The average Bonchev–Trinajstić information content (AvgIpc) is 3.29. The Hall–Kier alpha value is -1.59. The minimum absolute atomic E-state index is 0.0637. The van der Waals surface area contributed by atoms with E-state index in [1.165, 1.54) is 212 Å². The van der Waals surface area contributed by atoms with Gasteiger partial charge in [-0.3, -0.25) is 14.4 Å². The molecular weight excluding hydrogens is 817 g/mol. The van der Waals surface area contributed by atoms with Gasteiger partial charge in [0.1, 0.15) is 13.2 Å². The average molecular weight is 934 g/mol. The van der Waals surface area contributed by atoms with Crippen LogP contribution in [0.15, 0.2) is 0 Å². The summed E-state index contributed by atoms with van der Waals surface area (Å²) in [5, 5.41) is 0. The summed E-state index contributed by atoms with van der Waals surface area (Å²) in [5.74, 6) is 1.70. The van der Waals surface area contributed by atoms with E-state index in [-0.39, 0.29) is 31.1 Å². The highest BCUT2D eigenvalue weighted by Gasteiger charge is 2.19. The molecule has 6 nitrogen and oxygen atoms in total. The van der Waals surface area contributed by atoms with E-state index in [9.17, 15) is 14.4 Å². The molecule has 0 heterocycles. The van der Waals surface area contributed by atoms with Gasteiger partial charge in [0.25, 0.3) is 0 Å². The Kier molecular flexibility index (Phi) is 50.0. The molecule has 2 atom stereocenters. The van der Waals surface area contributed by atoms with Gasteiger partial charge in [-0.1, -0.05) is 292 Å². The Balaban J connectivity index is 4.26. The second kappa shape index (κ2) is 51.3. The third-order valence-electron chi connectivity index (χ3n) is 14.0. The molecule has 6 heteroatoms. The first-order valence-corrected chi connectivity index (χ1v) is 29.6. The quantitative estimate of drug-likeness (QED) is 0.0343. The van der Waals surface area contributed by atoms with Crippen LogP contribution in [0.1, 0.15) is 330 Å². The number of esters is 3. The summed E-state index contributed by atoms with van der Waals surface area (Å²) in [6, 6.07) is 0. The molecule has 0 spiro atoms. The number of carbonyl (C=O) groups excluding carboxylic acids is 3. The van der Waals surface area contributed by atoms with Gasteiger partial charge in [-0.15, -0.1) is 0 Å². The molecule has 0 aromatic rings. The fourth-order valence-electron chi connectivity index (χ4n) is 9.14. The topological polar surface area (TPSA) is 78.9 Å². The minimum atomic E-state index is -0.764. The van der Waals surface area contributed by atoms with Crippen molar-refractivity contribution < 1.29 is 28.6 Å². The molecule has 66 heavy (non-hydrogen) atoms. The first-order valence-electron chi connectivity index (χ1n) is 29.6. The Labute approximate surface area is 412 Å². The Morgan fingerprint density at radius 3 is 0.788 bits per heavy atom. The van der Waals surface area contributed by atoms with Crippen molar-refractivity contribution in [2.45, 2.75) is 337 Å². The lowest BCUT2D eigenvalue weighted by Gasteiger charge is -2.18. The SMILES string of the molecule is CCC(C)CCCCCCCCCCCCCCCCC(=O)OC[C@H](COC(=O)CCCCCCCCCCC(C)C)OC(=O)CCCCCCCCCCCCCCCCCCC(C)C. The maximum atomic E-state index is 12.9. The predicted octanol–water partition coefficient (Wildman–Crippen LogP) is 19.5. The summed E-state index contributed by atoms with van der Waals surface area (Å²) in [6.07, 6.45) is 53.8. The molecule has 0 N–H and O–H groups in total. The van der Waals surface area contributed by atoms with Gasteiger partial charge in [-0.2, -0.15) is 0 Å². The van der Waals surface area contributed by atoms with Gasteiger partial charge < -0.3 is 14.2 Å². The summed E-state index contributed by atoms with van der Waals surface area (Å²) in [6.45, 7) is 13.8. The summed E-state index contributed by atoms with van der Waals surface area (Å²) in [5.41, 5.74) is 0. The lowest BCUT2D eigenvalue weighted by Crippen LogP contribution is -2.30. The van der Waals surface area contributed by atoms with Gasteiger partial charge in [0.2, 0.25) is 0 Å². The van der Waals surface area contributed by atoms with Crippen molar-refractivity contribution in [3.8, 4) is 0 Å². The van der Waals surface area contributed by atoms with Crippen LogP contribution in [-0.2, 0) is 28.6 Å². The van der Waals surface area contributed by atoms with Crippen LogP contribution in [0.2, 0.25) is 0 Å². The molecule has 0 amide bonds. The first-order chi connectivity index (χ1) is 32.1. The van der Waals surface area contributed by atoms with E-state index in [1.807, 2.05) is 0 Å². The summed E-state index contributed by atoms with van der Waals surface area (Å²) in [7, 11) is 0. The molecule has 0 saturated heterocycles. The summed E-state index contributed by atoms with van der Waals surface area (Å²) in [4.78, 5) is 38.1. The van der Waals surface area contributed by atoms with E-state index >= 15 is 0 Å². The summed E-state index contributed by atoms with van der Waals surface area (Å²) >= 11 is 0. The maximum Gasteiger partial charge on any atom is 0.306 e. The van der Waals surface area contributed by atoms with Crippen molar-refractivity contribution >= 4 is 17.9 Å². The van der Waals surface area contributed by atoms with Crippen molar-refractivity contribution in [2.75, 3.05) is 13.2 Å². The van der Waals surface area contributed by atoms with Crippen LogP contribution in [0.4, 0.5) is 0 Å². The maximum absolute atomic E-state index is 12.9. The fraction of sp³-hybridized carbons (Fsp3) is 0.950. The van der Waals surface area contributed by atoms with E-state index in [0.29, 0.717) is 19.3 Å². The normalized spacial score (nSPS) is 12.5. The zero-order valence-electron chi connectivity index (χ0n) is 45.5. The van der Waals surface area contributed by atoms with E-state index in [1.54, 1.807) is 0 Å². The van der Waals surface area contributed by atoms with Gasteiger partial charge in [-0.25, -0.2) is 0 Å².